The van der Waals surface area contributed by atoms with Crippen molar-refractivity contribution in [3.8, 4) is 0 Å². The molecule has 1 saturated carbocycles. The van der Waals surface area contributed by atoms with Gasteiger partial charge in [0.05, 0.1) is 37.8 Å². The molecule has 32 heavy (non-hydrogen) atoms. The van der Waals surface area contributed by atoms with Crippen molar-refractivity contribution in [3.05, 3.63) is 21.1 Å². The van der Waals surface area contributed by atoms with Gasteiger partial charge < -0.3 is 34.3 Å². The fourth-order valence-electron chi connectivity index (χ4n) is 4.63. The number of anilines is 2. The van der Waals surface area contributed by atoms with Crippen LogP contribution in [0.25, 0.3) is 0 Å². The zero-order valence-electron chi connectivity index (χ0n) is 18.1. The molecule has 1 aliphatic carbocycles. The van der Waals surface area contributed by atoms with E-state index in [9.17, 15) is 15.0 Å². The Labute approximate surface area is 194 Å². The van der Waals surface area contributed by atoms with E-state index in [2.05, 4.69) is 19.8 Å². The lowest BCUT2D eigenvalue weighted by atomic mass is 9.96. The van der Waals surface area contributed by atoms with Crippen LogP contribution in [-0.2, 0) is 14.3 Å². The zero-order valence-corrected chi connectivity index (χ0v) is 19.7. The maximum atomic E-state index is 13.6. The number of aryl methyl sites for hydroxylation is 2. The second kappa shape index (κ2) is 8.96. The van der Waals surface area contributed by atoms with Gasteiger partial charge in [0, 0.05) is 41.9 Å². The summed E-state index contributed by atoms with van der Waals surface area (Å²) in [7, 11) is 0. The van der Waals surface area contributed by atoms with Gasteiger partial charge in [0.25, 0.3) is 0 Å². The molecular formula is C21H26N4O5S2-2. The Kier molecular flexibility index (Phi) is 6.21. The highest BCUT2D eigenvalue weighted by Crippen LogP contribution is 2.46. The highest BCUT2D eigenvalue weighted by Gasteiger charge is 2.43. The first kappa shape index (κ1) is 22.2. The van der Waals surface area contributed by atoms with E-state index in [1.54, 1.807) is 0 Å². The average molecular weight is 479 g/mol. The third-order valence-electron chi connectivity index (χ3n) is 6.39. The second-order valence-corrected chi connectivity index (χ2v) is 10.4. The lowest BCUT2D eigenvalue weighted by Crippen LogP contribution is -2.39. The molecule has 0 bridgehead atoms. The number of hydrogen-bond donors (Lipinski definition) is 0. The maximum Gasteiger partial charge on any atom is 0.185 e. The summed E-state index contributed by atoms with van der Waals surface area (Å²) < 4.78 is 10.8. The number of carbonyl (C=O) groups is 1. The molecule has 5 rings (SSSR count). The molecule has 2 saturated heterocycles. The maximum absolute atomic E-state index is 13.6. The van der Waals surface area contributed by atoms with Crippen molar-refractivity contribution in [3.63, 3.8) is 0 Å². The van der Waals surface area contributed by atoms with Gasteiger partial charge in [-0.2, -0.15) is 0 Å². The molecule has 4 heterocycles. The minimum absolute atomic E-state index is 0.518. The van der Waals surface area contributed by atoms with Crippen molar-refractivity contribution in [2.24, 2.45) is 0 Å². The monoisotopic (exact) mass is 478 g/mol. The van der Waals surface area contributed by atoms with Crippen molar-refractivity contribution >= 4 is 38.7 Å². The summed E-state index contributed by atoms with van der Waals surface area (Å²) >= 11 is 2.74. The molecular weight excluding hydrogens is 452 g/mol. The Hall–Kier alpha value is -1.63. The average Bonchev–Trinajstić information content (AvgIpc) is 3.44. The van der Waals surface area contributed by atoms with Gasteiger partial charge in [-0.25, -0.2) is 9.97 Å². The van der Waals surface area contributed by atoms with Crippen LogP contribution in [0.2, 0.25) is 0 Å². The topological polar surface area (TPSA) is 114 Å². The summed E-state index contributed by atoms with van der Waals surface area (Å²) in [6.45, 7) is 9.05. The molecule has 0 radical (unpaired) electrons. The van der Waals surface area contributed by atoms with E-state index in [4.69, 9.17) is 9.47 Å². The van der Waals surface area contributed by atoms with Crippen LogP contribution in [0.3, 0.4) is 0 Å². The first-order chi connectivity index (χ1) is 15.5. The molecule has 0 spiro atoms. The molecule has 9 nitrogen and oxygen atoms in total. The van der Waals surface area contributed by atoms with Gasteiger partial charge in [0.1, 0.15) is 5.78 Å². The smallest absolute Gasteiger partial charge is 0.185 e. The molecule has 0 amide bonds. The van der Waals surface area contributed by atoms with E-state index in [-0.39, 0.29) is 0 Å². The Balaban J connectivity index is 1.42. The van der Waals surface area contributed by atoms with Crippen LogP contribution in [0.15, 0.2) is 0 Å². The number of thiazole rings is 2. The number of rotatable bonds is 4. The van der Waals surface area contributed by atoms with E-state index in [0.717, 1.165) is 36.4 Å². The molecule has 2 aliphatic heterocycles. The van der Waals surface area contributed by atoms with Crippen molar-refractivity contribution in [1.29, 1.82) is 0 Å². The highest BCUT2D eigenvalue weighted by molar-refractivity contribution is 7.16. The number of Topliss-reactive ketones (excluding diaryl/α,β-unsaturated/α-hetero) is 1. The van der Waals surface area contributed by atoms with Gasteiger partial charge in [-0.1, -0.05) is 6.10 Å². The standard InChI is InChI=1S/C21H26N4O5S2/c1-11-18(31-20(22-11)24-3-7-29-8-4-24)13-15(26)14(17(28)16(13)27)19-12(2)23-21(32-19)25-5-9-30-10-6-25/h13-16H,3-10H2,1-2H3/q-2. The number of ketones is 1. The second-order valence-electron chi connectivity index (χ2n) is 8.38. The van der Waals surface area contributed by atoms with Gasteiger partial charge in [-0.3, -0.25) is 0 Å². The van der Waals surface area contributed by atoms with Crippen molar-refractivity contribution in [2.45, 2.75) is 37.9 Å². The number of nitrogens with zero attached hydrogens (tertiary/aromatic N) is 4. The van der Waals surface area contributed by atoms with E-state index in [0.29, 0.717) is 47.6 Å². The molecule has 3 aliphatic rings. The molecule has 0 N–H and O–H groups in total. The van der Waals surface area contributed by atoms with Crippen LogP contribution in [0, 0.1) is 13.8 Å². The van der Waals surface area contributed by atoms with Gasteiger partial charge in [-0.05, 0) is 19.8 Å². The first-order valence-electron chi connectivity index (χ1n) is 10.9. The van der Waals surface area contributed by atoms with E-state index in [1.807, 2.05) is 13.8 Å². The van der Waals surface area contributed by atoms with E-state index < -0.39 is 29.8 Å². The summed E-state index contributed by atoms with van der Waals surface area (Å²) in [5, 5.41) is 28.2. The lowest BCUT2D eigenvalue weighted by molar-refractivity contribution is -0.450. The van der Waals surface area contributed by atoms with Gasteiger partial charge in [0.2, 0.25) is 0 Å². The van der Waals surface area contributed by atoms with Crippen LogP contribution < -0.4 is 20.0 Å². The van der Waals surface area contributed by atoms with E-state index in [1.165, 1.54) is 22.7 Å². The molecule has 0 aromatic carbocycles. The summed E-state index contributed by atoms with van der Waals surface area (Å²) in [6.07, 6.45) is -2.91. The summed E-state index contributed by atoms with van der Waals surface area (Å²) in [5.41, 5.74) is 1.34. The molecule has 2 aromatic heterocycles. The van der Waals surface area contributed by atoms with Gasteiger partial charge in [0.15, 0.2) is 10.3 Å². The molecule has 4 unspecified atom stereocenters. The normalized spacial score (nSPS) is 29.2. The summed E-state index contributed by atoms with van der Waals surface area (Å²) in [5.74, 6) is -2.38. The van der Waals surface area contributed by atoms with Crippen molar-refractivity contribution < 1.29 is 24.5 Å². The molecule has 174 valence electrons. The fraction of sp³-hybridized carbons (Fsp3) is 0.667. The Bertz CT molecular complexity index is 983. The largest absolute Gasteiger partial charge is 0.851 e. The molecule has 3 fully saturated rings. The van der Waals surface area contributed by atoms with Crippen molar-refractivity contribution in [1.82, 2.24) is 9.97 Å². The van der Waals surface area contributed by atoms with Crippen LogP contribution in [0.5, 0.6) is 0 Å². The Morgan fingerprint density at radius 3 is 1.84 bits per heavy atom. The number of ether oxygens (including phenoxy) is 2. The third kappa shape index (κ3) is 3.84. The highest BCUT2D eigenvalue weighted by atomic mass is 32.1. The molecule has 2 aromatic rings. The molecule has 4 atom stereocenters. The fourth-order valence-corrected chi connectivity index (χ4v) is 7.16. The quantitative estimate of drug-likeness (QED) is 0.589. The van der Waals surface area contributed by atoms with Gasteiger partial charge in [-0.15, -0.1) is 28.8 Å². The minimum atomic E-state index is -1.58. The predicted octanol–water partition coefficient (Wildman–Crippen LogP) is -0.202. The predicted molar refractivity (Wildman–Crippen MR) is 118 cm³/mol. The molecule has 11 heteroatoms. The third-order valence-corrected chi connectivity index (χ3v) is 9.01. The summed E-state index contributed by atoms with van der Waals surface area (Å²) in [6, 6.07) is 0. The lowest BCUT2D eigenvalue weighted by Gasteiger charge is -2.32. The van der Waals surface area contributed by atoms with Gasteiger partial charge >= 0.3 is 0 Å². The SMILES string of the molecule is Cc1nc(N2CCOCC2)sc1C1C(=O)C([O-])C(c2sc(N3CCOCC3)nc2C)C1[O-]. The number of hydrogen-bond acceptors (Lipinski definition) is 11. The number of aromatic nitrogens is 2. The Morgan fingerprint density at radius 1 is 0.844 bits per heavy atom. The van der Waals surface area contributed by atoms with Crippen molar-refractivity contribution in [2.75, 3.05) is 62.4 Å². The number of carbonyl (C=O) groups excluding carboxylic acids is 1. The zero-order chi connectivity index (χ0) is 22.4. The Morgan fingerprint density at radius 2 is 1.31 bits per heavy atom. The van der Waals surface area contributed by atoms with Crippen LogP contribution in [0.1, 0.15) is 33.0 Å². The van der Waals surface area contributed by atoms with Crippen LogP contribution >= 0.6 is 22.7 Å². The van der Waals surface area contributed by atoms with Crippen LogP contribution in [-0.4, -0.2) is 80.6 Å². The van der Waals surface area contributed by atoms with E-state index >= 15 is 0 Å². The van der Waals surface area contributed by atoms with Crippen LogP contribution in [0.4, 0.5) is 10.3 Å². The summed E-state index contributed by atoms with van der Waals surface area (Å²) in [4.78, 5) is 27.8. The number of morpholine rings is 2. The first-order valence-corrected chi connectivity index (χ1v) is 12.5. The minimum Gasteiger partial charge on any atom is -0.851 e.